The first kappa shape index (κ1) is 15.9. The number of ether oxygens (including phenoxy) is 1. The highest BCUT2D eigenvalue weighted by Gasteiger charge is 2.31. The molecule has 0 aliphatic heterocycles. The number of carbonyl (C=O) groups excluding carboxylic acids is 1. The zero-order valence-corrected chi connectivity index (χ0v) is 11.8. The van der Waals surface area contributed by atoms with Crippen LogP contribution in [0.4, 0.5) is 13.2 Å². The van der Waals surface area contributed by atoms with Crippen molar-refractivity contribution in [3.8, 4) is 5.75 Å². The van der Waals surface area contributed by atoms with Gasteiger partial charge in [0.25, 0.3) is 5.91 Å². The van der Waals surface area contributed by atoms with Crippen LogP contribution in [0.5, 0.6) is 5.75 Å². The van der Waals surface area contributed by atoms with Crippen molar-refractivity contribution >= 4 is 5.91 Å². The van der Waals surface area contributed by atoms with Crippen molar-refractivity contribution in [3.63, 3.8) is 0 Å². The van der Waals surface area contributed by atoms with E-state index in [1.807, 2.05) is 6.92 Å². The van der Waals surface area contributed by atoms with E-state index in [0.29, 0.717) is 5.56 Å². The highest BCUT2D eigenvalue weighted by molar-refractivity contribution is 5.94. The van der Waals surface area contributed by atoms with Crippen LogP contribution in [0.2, 0.25) is 0 Å². The number of benzene rings is 2. The molecule has 0 spiro atoms. The maximum absolute atomic E-state index is 12.3. The Labute approximate surface area is 125 Å². The number of carbonyl (C=O) groups is 1. The van der Waals surface area contributed by atoms with E-state index in [0.717, 1.165) is 5.56 Å². The summed E-state index contributed by atoms with van der Waals surface area (Å²) in [6.45, 7) is 1.84. The molecular formula is C16H14F3NO2. The van der Waals surface area contributed by atoms with Gasteiger partial charge in [0.15, 0.2) is 0 Å². The Morgan fingerprint density at radius 1 is 1.09 bits per heavy atom. The highest BCUT2D eigenvalue weighted by atomic mass is 19.4. The molecule has 0 bridgehead atoms. The summed E-state index contributed by atoms with van der Waals surface area (Å²) in [6, 6.07) is 12.6. The number of rotatable bonds is 4. The fourth-order valence-corrected chi connectivity index (χ4v) is 1.86. The van der Waals surface area contributed by atoms with Gasteiger partial charge in [-0.3, -0.25) is 4.79 Å². The molecule has 2 rings (SSSR count). The third kappa shape index (κ3) is 4.51. The first-order chi connectivity index (χ1) is 10.3. The van der Waals surface area contributed by atoms with E-state index in [2.05, 4.69) is 10.1 Å². The molecule has 0 aliphatic rings. The lowest BCUT2D eigenvalue weighted by molar-refractivity contribution is -0.274. The van der Waals surface area contributed by atoms with Gasteiger partial charge in [-0.1, -0.05) is 35.9 Å². The van der Waals surface area contributed by atoms with Gasteiger partial charge in [-0.15, -0.1) is 13.2 Å². The first-order valence-electron chi connectivity index (χ1n) is 6.54. The lowest BCUT2D eigenvalue weighted by Gasteiger charge is -2.13. The molecule has 2 aromatic rings. The van der Waals surface area contributed by atoms with Gasteiger partial charge in [0.1, 0.15) is 5.75 Å². The Morgan fingerprint density at radius 2 is 1.73 bits per heavy atom. The highest BCUT2D eigenvalue weighted by Crippen LogP contribution is 2.26. The largest absolute Gasteiger partial charge is 0.573 e. The van der Waals surface area contributed by atoms with Crippen LogP contribution in [0.3, 0.4) is 0 Å². The van der Waals surface area contributed by atoms with Crippen molar-refractivity contribution in [2.45, 2.75) is 19.8 Å². The lowest BCUT2D eigenvalue weighted by atomic mass is 10.1. The second kappa shape index (κ2) is 6.51. The van der Waals surface area contributed by atoms with E-state index in [-0.39, 0.29) is 23.8 Å². The summed E-state index contributed by atoms with van der Waals surface area (Å²) in [7, 11) is 0. The minimum atomic E-state index is -4.77. The number of para-hydroxylation sites is 1. The SMILES string of the molecule is Cc1ccc(C(=O)NCc2ccccc2OC(F)(F)F)cc1. The van der Waals surface area contributed by atoms with Gasteiger partial charge in [-0.25, -0.2) is 0 Å². The number of aryl methyl sites for hydroxylation is 1. The third-order valence-corrected chi connectivity index (χ3v) is 2.95. The molecule has 0 aliphatic carbocycles. The number of nitrogens with one attached hydrogen (secondary N) is 1. The van der Waals surface area contributed by atoms with Crippen LogP contribution < -0.4 is 10.1 Å². The Balaban J connectivity index is 2.05. The monoisotopic (exact) mass is 309 g/mol. The summed E-state index contributed by atoms with van der Waals surface area (Å²) >= 11 is 0. The molecule has 1 N–H and O–H groups in total. The van der Waals surface area contributed by atoms with Gasteiger partial charge in [-0.05, 0) is 25.1 Å². The molecule has 3 nitrogen and oxygen atoms in total. The van der Waals surface area contributed by atoms with Crippen LogP contribution in [0.1, 0.15) is 21.5 Å². The third-order valence-electron chi connectivity index (χ3n) is 2.95. The van der Waals surface area contributed by atoms with Gasteiger partial charge in [0.05, 0.1) is 0 Å². The summed E-state index contributed by atoms with van der Waals surface area (Å²) in [6.07, 6.45) is -4.77. The Kier molecular flexibility index (Phi) is 4.70. The van der Waals surface area contributed by atoms with Crippen molar-refractivity contribution in [2.75, 3.05) is 0 Å². The quantitative estimate of drug-likeness (QED) is 0.932. The van der Waals surface area contributed by atoms with Crippen LogP contribution >= 0.6 is 0 Å². The van der Waals surface area contributed by atoms with E-state index in [1.165, 1.54) is 18.2 Å². The molecular weight excluding hydrogens is 295 g/mol. The molecule has 6 heteroatoms. The molecule has 0 fully saturated rings. The predicted molar refractivity (Wildman–Crippen MR) is 75.5 cm³/mol. The predicted octanol–water partition coefficient (Wildman–Crippen LogP) is 3.82. The molecule has 116 valence electrons. The average Bonchev–Trinajstić information content (AvgIpc) is 2.45. The topological polar surface area (TPSA) is 38.3 Å². The average molecular weight is 309 g/mol. The maximum atomic E-state index is 12.3. The number of alkyl halides is 3. The number of hydrogen-bond donors (Lipinski definition) is 1. The molecule has 0 saturated carbocycles. The zero-order chi connectivity index (χ0) is 16.2. The van der Waals surface area contributed by atoms with Gasteiger partial charge < -0.3 is 10.1 Å². The molecule has 1 amide bonds. The number of halogens is 3. The van der Waals surface area contributed by atoms with Crippen molar-refractivity contribution in [1.82, 2.24) is 5.32 Å². The Hall–Kier alpha value is -2.50. The van der Waals surface area contributed by atoms with E-state index in [1.54, 1.807) is 30.3 Å². The minimum absolute atomic E-state index is 0.0566. The summed E-state index contributed by atoms with van der Waals surface area (Å²) in [5.41, 5.74) is 1.71. The second-order valence-corrected chi connectivity index (χ2v) is 4.70. The molecule has 0 heterocycles. The fourth-order valence-electron chi connectivity index (χ4n) is 1.86. The second-order valence-electron chi connectivity index (χ2n) is 4.70. The molecule has 22 heavy (non-hydrogen) atoms. The zero-order valence-electron chi connectivity index (χ0n) is 11.8. The standard InChI is InChI=1S/C16H14F3NO2/c1-11-6-8-12(9-7-11)15(21)20-10-13-4-2-3-5-14(13)22-16(17,18)19/h2-9H,10H2,1H3,(H,20,21). The van der Waals surface area contributed by atoms with E-state index in [4.69, 9.17) is 0 Å². The van der Waals surface area contributed by atoms with Crippen molar-refractivity contribution in [1.29, 1.82) is 0 Å². The van der Waals surface area contributed by atoms with E-state index in [9.17, 15) is 18.0 Å². The molecule has 0 radical (unpaired) electrons. The summed E-state index contributed by atoms with van der Waals surface area (Å²) in [4.78, 5) is 12.0. The van der Waals surface area contributed by atoms with Crippen molar-refractivity contribution in [2.24, 2.45) is 0 Å². The maximum Gasteiger partial charge on any atom is 0.573 e. The minimum Gasteiger partial charge on any atom is -0.405 e. The normalized spacial score (nSPS) is 11.1. The Bertz CT molecular complexity index is 651. The molecule has 0 aromatic heterocycles. The van der Waals surface area contributed by atoms with E-state index >= 15 is 0 Å². The van der Waals surface area contributed by atoms with Crippen molar-refractivity contribution in [3.05, 3.63) is 65.2 Å². The summed E-state index contributed by atoms with van der Waals surface area (Å²) < 4.78 is 40.9. The van der Waals surface area contributed by atoms with Crippen LogP contribution in [0.15, 0.2) is 48.5 Å². The molecule has 0 unspecified atom stereocenters. The summed E-state index contributed by atoms with van der Waals surface area (Å²) in [5.74, 6) is -0.680. The molecule has 2 aromatic carbocycles. The van der Waals surface area contributed by atoms with Crippen LogP contribution in [-0.4, -0.2) is 12.3 Å². The fraction of sp³-hybridized carbons (Fsp3) is 0.188. The van der Waals surface area contributed by atoms with Gasteiger partial charge in [0, 0.05) is 17.7 Å². The number of amides is 1. The van der Waals surface area contributed by atoms with Gasteiger partial charge in [0.2, 0.25) is 0 Å². The van der Waals surface area contributed by atoms with Crippen LogP contribution in [0.25, 0.3) is 0 Å². The van der Waals surface area contributed by atoms with Gasteiger partial charge in [-0.2, -0.15) is 0 Å². The van der Waals surface area contributed by atoms with Crippen LogP contribution in [0, 0.1) is 6.92 Å². The Morgan fingerprint density at radius 3 is 2.36 bits per heavy atom. The first-order valence-corrected chi connectivity index (χ1v) is 6.54. The van der Waals surface area contributed by atoms with Crippen LogP contribution in [-0.2, 0) is 6.54 Å². The smallest absolute Gasteiger partial charge is 0.405 e. The van der Waals surface area contributed by atoms with Crippen molar-refractivity contribution < 1.29 is 22.7 Å². The number of hydrogen-bond acceptors (Lipinski definition) is 2. The lowest BCUT2D eigenvalue weighted by Crippen LogP contribution is -2.24. The molecule has 0 atom stereocenters. The van der Waals surface area contributed by atoms with Gasteiger partial charge >= 0.3 is 6.36 Å². The summed E-state index contributed by atoms with van der Waals surface area (Å²) in [5, 5.41) is 2.57. The molecule has 0 saturated heterocycles. The van der Waals surface area contributed by atoms with E-state index < -0.39 is 6.36 Å².